The molecular formula is C31H33ClN2O3. The van der Waals surface area contributed by atoms with E-state index in [0.29, 0.717) is 17.8 Å². The predicted octanol–water partition coefficient (Wildman–Crippen LogP) is 6.90. The zero-order valence-corrected chi connectivity index (χ0v) is 22.8. The van der Waals surface area contributed by atoms with Gasteiger partial charge in [-0.05, 0) is 106 Å². The van der Waals surface area contributed by atoms with Crippen molar-refractivity contribution in [3.8, 4) is 0 Å². The van der Waals surface area contributed by atoms with Gasteiger partial charge >= 0.3 is 5.97 Å². The minimum absolute atomic E-state index is 0.0882. The highest BCUT2D eigenvalue weighted by atomic mass is 35.5. The number of halogens is 1. The minimum atomic E-state index is -0.581. The van der Waals surface area contributed by atoms with Gasteiger partial charge in [-0.25, -0.2) is 4.79 Å². The van der Waals surface area contributed by atoms with Crippen molar-refractivity contribution in [2.75, 3.05) is 5.32 Å². The molecule has 5 nitrogen and oxygen atoms in total. The average Bonchev–Trinajstić information content (AvgIpc) is 3.38. The van der Waals surface area contributed by atoms with E-state index in [0.717, 1.165) is 40.1 Å². The van der Waals surface area contributed by atoms with E-state index in [-0.39, 0.29) is 24.0 Å². The van der Waals surface area contributed by atoms with Crippen LogP contribution in [0.4, 0.5) is 5.69 Å². The van der Waals surface area contributed by atoms with Crippen LogP contribution in [0.2, 0.25) is 5.02 Å². The van der Waals surface area contributed by atoms with Crippen LogP contribution in [-0.4, -0.2) is 28.4 Å². The van der Waals surface area contributed by atoms with Gasteiger partial charge < -0.3 is 15.0 Å². The van der Waals surface area contributed by atoms with E-state index in [1.165, 1.54) is 11.1 Å². The molecule has 3 aromatic rings. The number of fused-ring (bicyclic) bond motifs is 2. The number of aryl methyl sites for hydroxylation is 1. The summed E-state index contributed by atoms with van der Waals surface area (Å²) >= 11 is 6.22. The van der Waals surface area contributed by atoms with E-state index in [2.05, 4.69) is 24.4 Å². The minimum Gasteiger partial charge on any atom is -0.456 e. The van der Waals surface area contributed by atoms with Crippen LogP contribution in [0.15, 0.2) is 54.6 Å². The highest BCUT2D eigenvalue weighted by Gasteiger charge is 2.37. The van der Waals surface area contributed by atoms with Crippen LogP contribution in [0.5, 0.6) is 0 Å². The Balaban J connectivity index is 1.40. The molecule has 1 aliphatic carbocycles. The number of hydrogen-bond donors (Lipinski definition) is 1. The highest BCUT2D eigenvalue weighted by Crippen LogP contribution is 2.37. The first-order chi connectivity index (χ1) is 17.5. The molecule has 2 aliphatic rings. The lowest BCUT2D eigenvalue weighted by molar-refractivity contribution is 0.00705. The Kier molecular flexibility index (Phi) is 6.53. The van der Waals surface area contributed by atoms with Crippen molar-refractivity contribution in [1.82, 2.24) is 4.90 Å². The summed E-state index contributed by atoms with van der Waals surface area (Å²) in [6.45, 7) is 10.3. The number of ether oxygens (including phenoxy) is 1. The fraction of sp³-hybridized carbons (Fsp3) is 0.355. The second-order valence-corrected chi connectivity index (χ2v) is 11.6. The van der Waals surface area contributed by atoms with Crippen molar-refractivity contribution in [3.63, 3.8) is 0 Å². The molecule has 0 aromatic heterocycles. The molecule has 0 radical (unpaired) electrons. The zero-order chi connectivity index (χ0) is 26.5. The lowest BCUT2D eigenvalue weighted by atomic mass is 9.95. The standard InChI is InChI=1S/C31H33ClN2O3/c1-18-12-25(19(2)33-28-9-7-6-8-24(28)30(36)37-31(3,4)5)27-17-34(29(35)26(27)13-18)23-15-20-10-11-22(32)14-21(20)16-23/h6-14,19,23,33H,15-17H2,1-5H3. The monoisotopic (exact) mass is 516 g/mol. The van der Waals surface area contributed by atoms with Crippen molar-refractivity contribution in [1.29, 1.82) is 0 Å². The summed E-state index contributed by atoms with van der Waals surface area (Å²) in [5.74, 6) is -0.273. The normalized spacial score (nSPS) is 17.4. The number of anilines is 1. The molecule has 1 aliphatic heterocycles. The lowest BCUT2D eigenvalue weighted by Gasteiger charge is -2.25. The second kappa shape index (κ2) is 9.53. The number of rotatable bonds is 5. The second-order valence-electron chi connectivity index (χ2n) is 11.2. The van der Waals surface area contributed by atoms with Gasteiger partial charge in [0, 0.05) is 34.9 Å². The van der Waals surface area contributed by atoms with E-state index < -0.39 is 5.60 Å². The molecule has 0 fully saturated rings. The van der Waals surface area contributed by atoms with Crippen LogP contribution in [0.1, 0.15) is 82.3 Å². The van der Waals surface area contributed by atoms with Gasteiger partial charge in [0.25, 0.3) is 5.91 Å². The molecule has 0 saturated carbocycles. The molecule has 192 valence electrons. The molecule has 0 saturated heterocycles. The molecule has 6 heteroatoms. The fourth-order valence-electron chi connectivity index (χ4n) is 5.50. The summed E-state index contributed by atoms with van der Waals surface area (Å²) in [7, 11) is 0. The maximum atomic E-state index is 13.6. The quantitative estimate of drug-likeness (QED) is 0.375. The Morgan fingerprint density at radius 3 is 2.57 bits per heavy atom. The highest BCUT2D eigenvalue weighted by molar-refractivity contribution is 6.30. The summed E-state index contributed by atoms with van der Waals surface area (Å²) in [5, 5.41) is 4.26. The van der Waals surface area contributed by atoms with Crippen molar-refractivity contribution >= 4 is 29.2 Å². The Morgan fingerprint density at radius 2 is 1.81 bits per heavy atom. The van der Waals surface area contributed by atoms with Gasteiger partial charge in [-0.15, -0.1) is 0 Å². The van der Waals surface area contributed by atoms with Gasteiger partial charge in [0.05, 0.1) is 5.56 Å². The van der Waals surface area contributed by atoms with Gasteiger partial charge in [-0.2, -0.15) is 0 Å². The van der Waals surface area contributed by atoms with Crippen molar-refractivity contribution in [2.24, 2.45) is 0 Å². The third kappa shape index (κ3) is 5.10. The van der Waals surface area contributed by atoms with E-state index in [1.54, 1.807) is 6.07 Å². The molecule has 5 rings (SSSR count). The maximum Gasteiger partial charge on any atom is 0.340 e. The number of hydrogen-bond acceptors (Lipinski definition) is 4. The Morgan fingerprint density at radius 1 is 1.08 bits per heavy atom. The maximum absolute atomic E-state index is 13.6. The topological polar surface area (TPSA) is 58.6 Å². The SMILES string of the molecule is Cc1cc2c(c(C(C)Nc3ccccc3C(=O)OC(C)(C)C)c1)CN(C1Cc3ccc(Cl)cc3C1)C2=O. The average molecular weight is 517 g/mol. The Labute approximate surface area is 223 Å². The Hall–Kier alpha value is -3.31. The van der Waals surface area contributed by atoms with Gasteiger partial charge in [-0.3, -0.25) is 4.79 Å². The van der Waals surface area contributed by atoms with Crippen molar-refractivity contribution < 1.29 is 14.3 Å². The first-order valence-electron chi connectivity index (χ1n) is 12.8. The van der Waals surface area contributed by atoms with Crippen molar-refractivity contribution in [2.45, 2.75) is 71.7 Å². The van der Waals surface area contributed by atoms with Crippen LogP contribution < -0.4 is 5.32 Å². The molecule has 0 bridgehead atoms. The van der Waals surface area contributed by atoms with Gasteiger partial charge in [0.15, 0.2) is 0 Å². The number of nitrogens with zero attached hydrogens (tertiary/aromatic N) is 1. The van der Waals surface area contributed by atoms with Crippen LogP contribution >= 0.6 is 11.6 Å². The molecule has 1 N–H and O–H groups in total. The van der Waals surface area contributed by atoms with Crippen LogP contribution in [-0.2, 0) is 24.1 Å². The smallest absolute Gasteiger partial charge is 0.340 e. The summed E-state index contributed by atoms with van der Waals surface area (Å²) in [6.07, 6.45) is 1.67. The van der Waals surface area contributed by atoms with Crippen LogP contribution in [0, 0.1) is 6.92 Å². The number of benzene rings is 3. The summed E-state index contributed by atoms with van der Waals surface area (Å²) in [5.41, 5.74) is 7.06. The molecule has 1 amide bonds. The largest absolute Gasteiger partial charge is 0.456 e. The van der Waals surface area contributed by atoms with E-state index >= 15 is 0 Å². The number of nitrogens with one attached hydrogen (secondary N) is 1. The number of carbonyl (C=O) groups is 2. The van der Waals surface area contributed by atoms with Gasteiger partial charge in [0.2, 0.25) is 0 Å². The van der Waals surface area contributed by atoms with Crippen molar-refractivity contribution in [3.05, 3.63) is 98.6 Å². The van der Waals surface area contributed by atoms with E-state index in [9.17, 15) is 9.59 Å². The summed E-state index contributed by atoms with van der Waals surface area (Å²) in [6, 6.07) is 17.6. The molecule has 2 unspecified atom stereocenters. The number of carbonyl (C=O) groups excluding carboxylic acids is 2. The molecule has 1 heterocycles. The molecule has 0 spiro atoms. The van der Waals surface area contributed by atoms with Crippen LogP contribution in [0.3, 0.4) is 0 Å². The number of esters is 1. The first kappa shape index (κ1) is 25.3. The molecular weight excluding hydrogens is 484 g/mol. The summed E-state index contributed by atoms with van der Waals surface area (Å²) < 4.78 is 5.63. The summed E-state index contributed by atoms with van der Waals surface area (Å²) in [4.78, 5) is 28.5. The first-order valence-corrected chi connectivity index (χ1v) is 13.2. The zero-order valence-electron chi connectivity index (χ0n) is 22.0. The lowest BCUT2D eigenvalue weighted by Crippen LogP contribution is -2.36. The van der Waals surface area contributed by atoms with E-state index in [4.69, 9.17) is 16.3 Å². The Bertz CT molecular complexity index is 1390. The van der Waals surface area contributed by atoms with Gasteiger partial charge in [-0.1, -0.05) is 35.9 Å². The molecule has 3 aromatic carbocycles. The van der Waals surface area contributed by atoms with Crippen LogP contribution in [0.25, 0.3) is 0 Å². The third-order valence-electron chi connectivity index (χ3n) is 7.15. The number of amides is 1. The number of para-hydroxylation sites is 1. The van der Waals surface area contributed by atoms with E-state index in [1.807, 2.05) is 69.0 Å². The molecule has 2 atom stereocenters. The fourth-order valence-corrected chi connectivity index (χ4v) is 5.70. The third-order valence-corrected chi connectivity index (χ3v) is 7.39. The van der Waals surface area contributed by atoms with Gasteiger partial charge in [0.1, 0.15) is 5.60 Å². The predicted molar refractivity (Wildman–Crippen MR) is 147 cm³/mol. The molecule has 37 heavy (non-hydrogen) atoms.